The number of hydrogen-bond donors (Lipinski definition) is 1. The molecule has 2 heterocycles. The number of halogens is 1. The molecule has 1 atom stereocenters. The van der Waals surface area contributed by atoms with Crippen LogP contribution in [-0.4, -0.2) is 24.1 Å². The zero-order valence-electron chi connectivity index (χ0n) is 9.48. The van der Waals surface area contributed by atoms with Gasteiger partial charge in [0.2, 0.25) is 5.91 Å². The van der Waals surface area contributed by atoms with Crippen LogP contribution in [0, 0.1) is 11.7 Å². The number of fused-ring (bicyclic) bond motifs is 1. The quantitative estimate of drug-likeness (QED) is 0.908. The Kier molecular flexibility index (Phi) is 2.97. The van der Waals surface area contributed by atoms with E-state index in [9.17, 15) is 9.18 Å². The van der Waals surface area contributed by atoms with E-state index >= 15 is 0 Å². The van der Waals surface area contributed by atoms with Crippen LogP contribution in [0.3, 0.4) is 0 Å². The molecule has 0 saturated carbocycles. The van der Waals surface area contributed by atoms with Crippen LogP contribution in [-0.2, 0) is 9.53 Å². The molecule has 1 aliphatic heterocycles. The Morgan fingerprint density at radius 1 is 1.56 bits per heavy atom. The van der Waals surface area contributed by atoms with Gasteiger partial charge in [0.05, 0.1) is 17.2 Å². The summed E-state index contributed by atoms with van der Waals surface area (Å²) in [7, 11) is 0. The standard InChI is InChI=1S/C12H11FN2O2S/c13-8-2-1-3-9-10(8)14-12(18-9)15-11(16)7-4-5-17-6-7/h1-3,7H,4-6H2,(H,14,15,16)/t7-/m0/s1. The molecule has 1 fully saturated rings. The predicted octanol–water partition coefficient (Wildman–Crippen LogP) is 2.41. The van der Waals surface area contributed by atoms with E-state index in [1.54, 1.807) is 12.1 Å². The second kappa shape index (κ2) is 4.62. The third kappa shape index (κ3) is 2.09. The second-order valence-electron chi connectivity index (χ2n) is 4.16. The number of thiazole rings is 1. The number of ether oxygens (including phenoxy) is 1. The van der Waals surface area contributed by atoms with Crippen molar-refractivity contribution in [1.29, 1.82) is 0 Å². The molecule has 1 aliphatic rings. The highest BCUT2D eigenvalue weighted by molar-refractivity contribution is 7.22. The largest absolute Gasteiger partial charge is 0.381 e. The van der Waals surface area contributed by atoms with Crippen molar-refractivity contribution < 1.29 is 13.9 Å². The molecule has 1 aromatic heterocycles. The van der Waals surface area contributed by atoms with Crippen molar-refractivity contribution in [2.75, 3.05) is 18.5 Å². The number of nitrogens with zero attached hydrogens (tertiary/aromatic N) is 1. The van der Waals surface area contributed by atoms with Gasteiger partial charge in [-0.1, -0.05) is 17.4 Å². The van der Waals surface area contributed by atoms with Crippen molar-refractivity contribution in [2.45, 2.75) is 6.42 Å². The monoisotopic (exact) mass is 266 g/mol. The van der Waals surface area contributed by atoms with E-state index in [1.807, 2.05) is 0 Å². The third-order valence-electron chi connectivity index (χ3n) is 2.90. The van der Waals surface area contributed by atoms with Crippen LogP contribution in [0.25, 0.3) is 10.2 Å². The predicted molar refractivity (Wildman–Crippen MR) is 67.1 cm³/mol. The van der Waals surface area contributed by atoms with Crippen LogP contribution in [0.1, 0.15) is 6.42 Å². The Morgan fingerprint density at radius 3 is 3.17 bits per heavy atom. The maximum Gasteiger partial charge on any atom is 0.231 e. The second-order valence-corrected chi connectivity index (χ2v) is 5.19. The van der Waals surface area contributed by atoms with Crippen molar-refractivity contribution in [3.05, 3.63) is 24.0 Å². The molecule has 0 spiro atoms. The number of rotatable bonds is 2. The van der Waals surface area contributed by atoms with E-state index in [1.165, 1.54) is 17.4 Å². The van der Waals surface area contributed by atoms with E-state index in [2.05, 4.69) is 10.3 Å². The highest BCUT2D eigenvalue weighted by Gasteiger charge is 2.24. The summed E-state index contributed by atoms with van der Waals surface area (Å²) in [6.45, 7) is 1.07. The van der Waals surface area contributed by atoms with Gasteiger partial charge in [0.15, 0.2) is 5.13 Å². The number of amides is 1. The molecule has 0 radical (unpaired) electrons. The van der Waals surface area contributed by atoms with Gasteiger partial charge in [-0.15, -0.1) is 0 Å². The maximum absolute atomic E-state index is 13.4. The number of carbonyl (C=O) groups is 1. The number of carbonyl (C=O) groups excluding carboxylic acids is 1. The van der Waals surface area contributed by atoms with Crippen molar-refractivity contribution in [2.24, 2.45) is 5.92 Å². The van der Waals surface area contributed by atoms with Crippen LogP contribution < -0.4 is 5.32 Å². The topological polar surface area (TPSA) is 51.2 Å². The first kappa shape index (κ1) is 11.6. The first-order chi connectivity index (χ1) is 8.74. The molecule has 3 rings (SSSR count). The van der Waals surface area contributed by atoms with E-state index in [-0.39, 0.29) is 17.6 Å². The summed E-state index contributed by atoms with van der Waals surface area (Å²) in [5.41, 5.74) is 0.306. The van der Waals surface area contributed by atoms with Gasteiger partial charge in [0.1, 0.15) is 11.3 Å². The van der Waals surface area contributed by atoms with Crippen LogP contribution in [0.4, 0.5) is 9.52 Å². The molecule has 0 unspecified atom stereocenters. The maximum atomic E-state index is 13.4. The summed E-state index contributed by atoms with van der Waals surface area (Å²) in [5.74, 6) is -0.595. The Hall–Kier alpha value is -1.53. The minimum absolute atomic E-state index is 0.105. The molecule has 1 saturated heterocycles. The number of para-hydroxylation sites is 1. The number of anilines is 1. The van der Waals surface area contributed by atoms with Gasteiger partial charge in [0.25, 0.3) is 0 Å². The summed E-state index contributed by atoms with van der Waals surface area (Å²) in [4.78, 5) is 16.0. The summed E-state index contributed by atoms with van der Waals surface area (Å²) < 4.78 is 19.3. The van der Waals surface area contributed by atoms with Crippen molar-refractivity contribution >= 4 is 32.6 Å². The highest BCUT2D eigenvalue weighted by Crippen LogP contribution is 2.28. The molecule has 4 nitrogen and oxygen atoms in total. The van der Waals surface area contributed by atoms with E-state index < -0.39 is 0 Å². The molecule has 0 bridgehead atoms. The lowest BCUT2D eigenvalue weighted by atomic mass is 10.1. The zero-order chi connectivity index (χ0) is 12.5. The normalized spacial score (nSPS) is 19.3. The van der Waals surface area contributed by atoms with Gasteiger partial charge in [-0.05, 0) is 18.6 Å². The Morgan fingerprint density at radius 2 is 2.44 bits per heavy atom. The molecular weight excluding hydrogens is 255 g/mol. The fourth-order valence-corrected chi connectivity index (χ4v) is 2.80. The van der Waals surface area contributed by atoms with E-state index in [0.717, 1.165) is 11.1 Å². The lowest BCUT2D eigenvalue weighted by Crippen LogP contribution is -2.22. The molecule has 1 N–H and O–H groups in total. The molecule has 94 valence electrons. The van der Waals surface area contributed by atoms with Gasteiger partial charge >= 0.3 is 0 Å². The first-order valence-electron chi connectivity index (χ1n) is 5.68. The fourth-order valence-electron chi connectivity index (χ4n) is 1.92. The van der Waals surface area contributed by atoms with Crippen molar-refractivity contribution in [3.8, 4) is 0 Å². The number of hydrogen-bond acceptors (Lipinski definition) is 4. The third-order valence-corrected chi connectivity index (χ3v) is 3.84. The Labute approximate surface area is 107 Å². The van der Waals surface area contributed by atoms with Gasteiger partial charge in [0, 0.05) is 6.61 Å². The number of benzene rings is 1. The van der Waals surface area contributed by atoms with E-state index in [4.69, 9.17) is 4.74 Å². The van der Waals surface area contributed by atoms with Gasteiger partial charge in [-0.25, -0.2) is 9.37 Å². The average molecular weight is 266 g/mol. The molecule has 2 aromatic rings. The van der Waals surface area contributed by atoms with Crippen LogP contribution in [0.15, 0.2) is 18.2 Å². The zero-order valence-corrected chi connectivity index (χ0v) is 10.3. The average Bonchev–Trinajstić information content (AvgIpc) is 2.97. The van der Waals surface area contributed by atoms with E-state index in [0.29, 0.717) is 23.9 Å². The molecule has 1 aromatic carbocycles. The van der Waals surface area contributed by atoms with Crippen molar-refractivity contribution in [3.63, 3.8) is 0 Å². The summed E-state index contributed by atoms with van der Waals surface area (Å²) in [5, 5.41) is 3.16. The van der Waals surface area contributed by atoms with Gasteiger partial charge < -0.3 is 10.1 Å². The van der Waals surface area contributed by atoms with Gasteiger partial charge in [-0.2, -0.15) is 0 Å². The van der Waals surface area contributed by atoms with Crippen LogP contribution in [0.2, 0.25) is 0 Å². The fraction of sp³-hybridized carbons (Fsp3) is 0.333. The van der Waals surface area contributed by atoms with Gasteiger partial charge in [-0.3, -0.25) is 4.79 Å². The number of aromatic nitrogens is 1. The van der Waals surface area contributed by atoms with Crippen LogP contribution >= 0.6 is 11.3 Å². The SMILES string of the molecule is O=C(Nc1nc2c(F)cccc2s1)[C@H]1CCOC1. The summed E-state index contributed by atoms with van der Waals surface area (Å²) >= 11 is 1.27. The molecular formula is C12H11FN2O2S. The minimum atomic E-state index is -0.367. The molecule has 1 amide bonds. The lowest BCUT2D eigenvalue weighted by molar-refractivity contribution is -0.119. The summed E-state index contributed by atoms with van der Waals surface area (Å²) in [6, 6.07) is 4.77. The minimum Gasteiger partial charge on any atom is -0.381 e. The summed E-state index contributed by atoms with van der Waals surface area (Å²) in [6.07, 6.45) is 0.727. The Balaban J connectivity index is 1.82. The Bertz CT molecular complexity index is 593. The first-order valence-corrected chi connectivity index (χ1v) is 6.49. The smallest absolute Gasteiger partial charge is 0.231 e. The lowest BCUT2D eigenvalue weighted by Gasteiger charge is -2.05. The highest BCUT2D eigenvalue weighted by atomic mass is 32.1. The molecule has 0 aliphatic carbocycles. The van der Waals surface area contributed by atoms with Crippen molar-refractivity contribution in [1.82, 2.24) is 4.98 Å². The molecule has 18 heavy (non-hydrogen) atoms. The number of nitrogens with one attached hydrogen (secondary N) is 1. The van der Waals surface area contributed by atoms with Crippen LogP contribution in [0.5, 0.6) is 0 Å². The molecule has 6 heteroatoms.